The number of benzene rings is 1. The summed E-state index contributed by atoms with van der Waals surface area (Å²) in [5, 5.41) is 5.44. The minimum atomic E-state index is 0.148. The van der Waals surface area contributed by atoms with Gasteiger partial charge in [-0.25, -0.2) is 0 Å². The second-order valence-corrected chi connectivity index (χ2v) is 5.90. The molecule has 0 aliphatic rings. The van der Waals surface area contributed by atoms with Gasteiger partial charge < -0.3 is 10.1 Å². The lowest BCUT2D eigenvalue weighted by Crippen LogP contribution is -2.17. The number of hydrogen-bond acceptors (Lipinski definition) is 3. The van der Waals surface area contributed by atoms with E-state index < -0.39 is 0 Å². The van der Waals surface area contributed by atoms with Crippen LogP contribution in [-0.2, 0) is 0 Å². The van der Waals surface area contributed by atoms with Crippen molar-refractivity contribution in [3.63, 3.8) is 0 Å². The molecule has 0 aliphatic heterocycles. The van der Waals surface area contributed by atoms with E-state index in [9.17, 15) is 0 Å². The lowest BCUT2D eigenvalue weighted by Gasteiger charge is -2.19. The Morgan fingerprint density at radius 2 is 2.11 bits per heavy atom. The zero-order chi connectivity index (χ0) is 13.1. The summed E-state index contributed by atoms with van der Waals surface area (Å²) in [5.41, 5.74) is 2.37. The van der Waals surface area contributed by atoms with Crippen LogP contribution in [0.25, 0.3) is 0 Å². The van der Waals surface area contributed by atoms with Gasteiger partial charge in [0, 0.05) is 14.9 Å². The van der Waals surface area contributed by atoms with Crippen LogP contribution in [0.3, 0.4) is 0 Å². The number of methoxy groups -OCH3 is 1. The molecule has 2 nitrogen and oxygen atoms in total. The van der Waals surface area contributed by atoms with E-state index in [4.69, 9.17) is 4.74 Å². The van der Waals surface area contributed by atoms with Crippen LogP contribution in [0, 0.1) is 6.92 Å². The molecule has 4 heteroatoms. The Kier molecular flexibility index (Phi) is 4.43. The lowest BCUT2D eigenvalue weighted by atomic mass is 10.0. The van der Waals surface area contributed by atoms with Gasteiger partial charge in [-0.3, -0.25) is 0 Å². The monoisotopic (exact) mass is 325 g/mol. The fraction of sp³-hybridized carbons (Fsp3) is 0.286. The van der Waals surface area contributed by atoms with Gasteiger partial charge in [0.25, 0.3) is 0 Å². The number of ether oxygens (including phenoxy) is 1. The summed E-state index contributed by atoms with van der Waals surface area (Å²) in [6.45, 7) is 2.07. The second-order valence-electron chi connectivity index (χ2n) is 4.10. The smallest absolute Gasteiger partial charge is 0.124 e. The van der Waals surface area contributed by atoms with Crippen molar-refractivity contribution < 1.29 is 4.74 Å². The molecule has 0 radical (unpaired) electrons. The van der Waals surface area contributed by atoms with E-state index in [0.29, 0.717) is 0 Å². The Morgan fingerprint density at radius 1 is 1.33 bits per heavy atom. The van der Waals surface area contributed by atoms with Gasteiger partial charge in [0.05, 0.1) is 13.2 Å². The largest absolute Gasteiger partial charge is 0.496 e. The molecule has 0 saturated carbocycles. The van der Waals surface area contributed by atoms with E-state index in [2.05, 4.69) is 57.8 Å². The van der Waals surface area contributed by atoms with E-state index in [0.717, 1.165) is 15.8 Å². The molecule has 0 amide bonds. The minimum Gasteiger partial charge on any atom is -0.496 e. The predicted molar refractivity (Wildman–Crippen MR) is 80.7 cm³/mol. The van der Waals surface area contributed by atoms with Crippen LogP contribution in [0.4, 0.5) is 0 Å². The molecule has 1 heterocycles. The molecule has 18 heavy (non-hydrogen) atoms. The number of hydrogen-bond donors (Lipinski definition) is 1. The number of aryl methyl sites for hydroxylation is 1. The molecule has 2 aromatic rings. The lowest BCUT2D eigenvalue weighted by molar-refractivity contribution is 0.405. The van der Waals surface area contributed by atoms with Gasteiger partial charge in [-0.05, 0) is 53.0 Å². The SMILES string of the molecule is CNC(c1ccc(C)cc1OC)c1sccc1Br. The molecule has 0 spiro atoms. The predicted octanol–water partition coefficient (Wildman–Crippen LogP) is 4.14. The summed E-state index contributed by atoms with van der Waals surface area (Å²) in [6, 6.07) is 8.53. The maximum Gasteiger partial charge on any atom is 0.124 e. The fourth-order valence-electron chi connectivity index (χ4n) is 2.00. The third kappa shape index (κ3) is 2.60. The van der Waals surface area contributed by atoms with Crippen molar-refractivity contribution in [2.24, 2.45) is 0 Å². The van der Waals surface area contributed by atoms with Crippen LogP contribution >= 0.6 is 27.3 Å². The highest BCUT2D eigenvalue weighted by Crippen LogP contribution is 2.36. The molecule has 0 aliphatic carbocycles. The molecule has 0 saturated heterocycles. The molecule has 2 rings (SSSR count). The standard InChI is InChI=1S/C14H16BrNOS/c1-9-4-5-10(12(8-9)17-3)13(16-2)14-11(15)6-7-18-14/h4-8,13,16H,1-3H3. The van der Waals surface area contributed by atoms with E-state index >= 15 is 0 Å². The number of nitrogens with one attached hydrogen (secondary N) is 1. The van der Waals surface area contributed by atoms with Gasteiger partial charge in [-0.2, -0.15) is 0 Å². The van der Waals surface area contributed by atoms with E-state index in [1.807, 2.05) is 7.05 Å². The summed E-state index contributed by atoms with van der Waals surface area (Å²) in [5.74, 6) is 0.926. The van der Waals surface area contributed by atoms with Crippen molar-refractivity contribution in [1.82, 2.24) is 5.32 Å². The summed E-state index contributed by atoms with van der Waals surface area (Å²) in [6.07, 6.45) is 0. The average Bonchev–Trinajstić information content (AvgIpc) is 2.78. The van der Waals surface area contributed by atoms with Gasteiger partial charge >= 0.3 is 0 Å². The van der Waals surface area contributed by atoms with Gasteiger partial charge in [0.15, 0.2) is 0 Å². The van der Waals surface area contributed by atoms with Crippen LogP contribution in [-0.4, -0.2) is 14.2 Å². The molecule has 1 atom stereocenters. The molecule has 0 bridgehead atoms. The van der Waals surface area contributed by atoms with Crippen LogP contribution < -0.4 is 10.1 Å². The minimum absolute atomic E-state index is 0.148. The highest BCUT2D eigenvalue weighted by molar-refractivity contribution is 9.10. The normalized spacial score (nSPS) is 12.4. The fourth-order valence-corrected chi connectivity index (χ4v) is 3.72. The van der Waals surface area contributed by atoms with Crippen molar-refractivity contribution in [2.45, 2.75) is 13.0 Å². The van der Waals surface area contributed by atoms with Crippen molar-refractivity contribution in [3.05, 3.63) is 50.1 Å². The maximum atomic E-state index is 5.50. The molecule has 1 aromatic carbocycles. The van der Waals surface area contributed by atoms with Crippen LogP contribution in [0.15, 0.2) is 34.1 Å². The van der Waals surface area contributed by atoms with E-state index in [1.165, 1.54) is 10.4 Å². The zero-order valence-corrected chi connectivity index (χ0v) is 13.1. The van der Waals surface area contributed by atoms with Gasteiger partial charge in [0.2, 0.25) is 0 Å². The second kappa shape index (κ2) is 5.87. The Balaban J connectivity index is 2.48. The van der Waals surface area contributed by atoms with Crippen LogP contribution in [0.1, 0.15) is 22.0 Å². The van der Waals surface area contributed by atoms with Gasteiger partial charge in [-0.1, -0.05) is 12.1 Å². The first-order chi connectivity index (χ1) is 8.67. The van der Waals surface area contributed by atoms with Crippen molar-refractivity contribution >= 4 is 27.3 Å². The number of halogens is 1. The molecule has 96 valence electrons. The van der Waals surface area contributed by atoms with Crippen LogP contribution in [0.2, 0.25) is 0 Å². The molecule has 0 fully saturated rings. The topological polar surface area (TPSA) is 21.3 Å². The van der Waals surface area contributed by atoms with Gasteiger partial charge in [-0.15, -0.1) is 11.3 Å². The first kappa shape index (κ1) is 13.6. The molecular formula is C14H16BrNOS. The molecule has 1 unspecified atom stereocenters. The van der Waals surface area contributed by atoms with Crippen LogP contribution in [0.5, 0.6) is 5.75 Å². The summed E-state index contributed by atoms with van der Waals surface area (Å²) < 4.78 is 6.63. The zero-order valence-electron chi connectivity index (χ0n) is 10.7. The third-order valence-electron chi connectivity index (χ3n) is 2.90. The van der Waals surface area contributed by atoms with E-state index in [1.54, 1.807) is 18.4 Å². The summed E-state index contributed by atoms with van der Waals surface area (Å²) in [7, 11) is 3.69. The first-order valence-corrected chi connectivity index (χ1v) is 7.39. The highest BCUT2D eigenvalue weighted by atomic mass is 79.9. The molecular weight excluding hydrogens is 310 g/mol. The Labute approximate surface area is 120 Å². The Hall–Kier alpha value is -0.840. The molecule has 1 N–H and O–H groups in total. The Bertz CT molecular complexity index is 538. The van der Waals surface area contributed by atoms with Gasteiger partial charge in [0.1, 0.15) is 5.75 Å². The maximum absolute atomic E-state index is 5.50. The quantitative estimate of drug-likeness (QED) is 0.912. The summed E-state index contributed by atoms with van der Waals surface area (Å²) in [4.78, 5) is 1.26. The Morgan fingerprint density at radius 3 is 2.67 bits per heavy atom. The van der Waals surface area contributed by atoms with Crippen molar-refractivity contribution in [1.29, 1.82) is 0 Å². The average molecular weight is 326 g/mol. The summed E-state index contributed by atoms with van der Waals surface area (Å²) >= 11 is 5.33. The first-order valence-electron chi connectivity index (χ1n) is 5.72. The number of rotatable bonds is 4. The van der Waals surface area contributed by atoms with Crippen molar-refractivity contribution in [3.8, 4) is 5.75 Å². The third-order valence-corrected chi connectivity index (χ3v) is 4.83. The highest BCUT2D eigenvalue weighted by Gasteiger charge is 2.19. The van der Waals surface area contributed by atoms with E-state index in [-0.39, 0.29) is 6.04 Å². The molecule has 1 aromatic heterocycles. The van der Waals surface area contributed by atoms with Crippen molar-refractivity contribution in [2.75, 3.05) is 14.2 Å². The number of thiophene rings is 1.